The van der Waals surface area contributed by atoms with E-state index in [0.29, 0.717) is 0 Å². The highest BCUT2D eigenvalue weighted by Gasteiger charge is 2.25. The van der Waals surface area contributed by atoms with Gasteiger partial charge in [0.2, 0.25) is 10.0 Å². The fourth-order valence-corrected chi connectivity index (χ4v) is 3.28. The second kappa shape index (κ2) is 6.15. The van der Waals surface area contributed by atoms with E-state index in [1.165, 1.54) is 18.3 Å². The van der Waals surface area contributed by atoms with Crippen LogP contribution in [-0.4, -0.2) is 13.7 Å². The second-order valence-corrected chi connectivity index (χ2v) is 6.80. The smallest absolute Gasteiger partial charge is 0.211 e. The average Bonchev–Trinajstić information content (AvgIpc) is 2.80. The van der Waals surface area contributed by atoms with Crippen molar-refractivity contribution < 1.29 is 8.42 Å². The second-order valence-electron chi connectivity index (χ2n) is 3.79. The van der Waals surface area contributed by atoms with Gasteiger partial charge in [-0.05, 0) is 24.8 Å². The molecule has 6 heteroatoms. The van der Waals surface area contributed by atoms with Crippen LogP contribution in [0.3, 0.4) is 0 Å². The SMILES string of the molecule is CCCC(NS(=O)(=O)C(C)C#N)c1cccs1. The van der Waals surface area contributed by atoms with Gasteiger partial charge in [0.25, 0.3) is 0 Å². The van der Waals surface area contributed by atoms with Crippen LogP contribution in [0.4, 0.5) is 0 Å². The first kappa shape index (κ1) is 14.2. The van der Waals surface area contributed by atoms with Gasteiger partial charge in [0.1, 0.15) is 0 Å². The number of sulfonamides is 1. The van der Waals surface area contributed by atoms with Crippen molar-refractivity contribution in [3.63, 3.8) is 0 Å². The third kappa shape index (κ3) is 3.80. The Hall–Kier alpha value is -0.900. The molecule has 4 nitrogen and oxygen atoms in total. The van der Waals surface area contributed by atoms with Crippen molar-refractivity contribution >= 4 is 21.4 Å². The van der Waals surface area contributed by atoms with Crippen LogP contribution in [0.1, 0.15) is 37.6 Å². The zero-order chi connectivity index (χ0) is 12.9. The number of nitriles is 1. The Bertz CT molecular complexity index is 474. The molecule has 0 aliphatic heterocycles. The minimum atomic E-state index is -3.56. The molecule has 0 radical (unpaired) electrons. The third-order valence-electron chi connectivity index (χ3n) is 2.42. The van der Waals surface area contributed by atoms with Crippen molar-refractivity contribution in [1.82, 2.24) is 4.72 Å². The Morgan fingerprint density at radius 3 is 2.76 bits per heavy atom. The largest absolute Gasteiger partial charge is 0.228 e. The van der Waals surface area contributed by atoms with Crippen LogP contribution in [0.2, 0.25) is 0 Å². The van der Waals surface area contributed by atoms with Gasteiger partial charge >= 0.3 is 0 Å². The van der Waals surface area contributed by atoms with Gasteiger partial charge < -0.3 is 0 Å². The quantitative estimate of drug-likeness (QED) is 0.864. The summed E-state index contributed by atoms with van der Waals surface area (Å²) in [4.78, 5) is 0.987. The van der Waals surface area contributed by atoms with Gasteiger partial charge in [-0.2, -0.15) is 5.26 Å². The maximum atomic E-state index is 11.8. The molecule has 2 atom stereocenters. The van der Waals surface area contributed by atoms with Gasteiger partial charge in [0.05, 0.1) is 12.1 Å². The van der Waals surface area contributed by atoms with E-state index in [-0.39, 0.29) is 6.04 Å². The van der Waals surface area contributed by atoms with Crippen molar-refractivity contribution in [2.75, 3.05) is 0 Å². The summed E-state index contributed by atoms with van der Waals surface area (Å²) >= 11 is 1.52. The van der Waals surface area contributed by atoms with Crippen LogP contribution in [-0.2, 0) is 10.0 Å². The van der Waals surface area contributed by atoms with Crippen molar-refractivity contribution in [3.8, 4) is 6.07 Å². The summed E-state index contributed by atoms with van der Waals surface area (Å²) in [6.07, 6.45) is 1.61. The Kier molecular flexibility index (Phi) is 5.12. The topological polar surface area (TPSA) is 70.0 Å². The van der Waals surface area contributed by atoms with Crippen molar-refractivity contribution in [2.45, 2.75) is 38.0 Å². The minimum Gasteiger partial charge on any atom is -0.211 e. The normalized spacial score (nSPS) is 15.1. The number of nitrogens with one attached hydrogen (secondary N) is 1. The summed E-state index contributed by atoms with van der Waals surface area (Å²) in [7, 11) is -3.56. The van der Waals surface area contributed by atoms with Gasteiger partial charge in [-0.3, -0.25) is 0 Å². The van der Waals surface area contributed by atoms with E-state index in [9.17, 15) is 8.42 Å². The summed E-state index contributed by atoms with van der Waals surface area (Å²) in [6, 6.07) is 5.33. The maximum absolute atomic E-state index is 11.8. The molecule has 0 aromatic carbocycles. The van der Waals surface area contributed by atoms with Crippen LogP contribution < -0.4 is 4.72 Å². The van der Waals surface area contributed by atoms with Crippen LogP contribution in [0.5, 0.6) is 0 Å². The number of hydrogen-bond donors (Lipinski definition) is 1. The van der Waals surface area contributed by atoms with E-state index in [1.54, 1.807) is 6.07 Å². The van der Waals surface area contributed by atoms with E-state index in [4.69, 9.17) is 5.26 Å². The lowest BCUT2D eigenvalue weighted by Gasteiger charge is -2.17. The van der Waals surface area contributed by atoms with Gasteiger partial charge in [0, 0.05) is 4.88 Å². The molecule has 0 fully saturated rings. The molecular formula is C11H16N2O2S2. The predicted octanol–water partition coefficient (Wildman–Crippen LogP) is 2.42. The molecule has 1 heterocycles. The monoisotopic (exact) mass is 272 g/mol. The highest BCUT2D eigenvalue weighted by molar-refractivity contribution is 7.90. The minimum absolute atomic E-state index is 0.221. The summed E-state index contributed by atoms with van der Waals surface area (Å²) in [5.41, 5.74) is 0. The number of thiophene rings is 1. The summed E-state index contributed by atoms with van der Waals surface area (Å²) < 4.78 is 26.2. The van der Waals surface area contributed by atoms with Crippen molar-refractivity contribution in [2.24, 2.45) is 0 Å². The zero-order valence-electron chi connectivity index (χ0n) is 9.88. The molecule has 0 saturated carbocycles. The Balaban J connectivity index is 2.86. The van der Waals surface area contributed by atoms with E-state index >= 15 is 0 Å². The molecule has 0 aliphatic carbocycles. The van der Waals surface area contributed by atoms with Crippen molar-refractivity contribution in [3.05, 3.63) is 22.4 Å². The Morgan fingerprint density at radius 2 is 2.29 bits per heavy atom. The molecule has 1 aromatic rings. The van der Waals surface area contributed by atoms with Crippen molar-refractivity contribution in [1.29, 1.82) is 5.26 Å². The molecule has 0 spiro atoms. The number of rotatable bonds is 6. The lowest BCUT2D eigenvalue weighted by molar-refractivity contribution is 0.537. The summed E-state index contributed by atoms with van der Waals surface area (Å²) in [6.45, 7) is 3.39. The van der Waals surface area contributed by atoms with Crippen LogP contribution >= 0.6 is 11.3 Å². The number of hydrogen-bond acceptors (Lipinski definition) is 4. The van der Waals surface area contributed by atoms with Crippen LogP contribution in [0.15, 0.2) is 17.5 Å². The molecular weight excluding hydrogens is 256 g/mol. The summed E-state index contributed by atoms with van der Waals surface area (Å²) in [5, 5.41) is 9.57. The zero-order valence-corrected chi connectivity index (χ0v) is 11.5. The molecule has 1 aromatic heterocycles. The average molecular weight is 272 g/mol. The number of nitrogens with zero attached hydrogens (tertiary/aromatic N) is 1. The maximum Gasteiger partial charge on any atom is 0.228 e. The summed E-state index contributed by atoms with van der Waals surface area (Å²) in [5.74, 6) is 0. The molecule has 0 aliphatic rings. The van der Waals surface area contributed by atoms with Gasteiger partial charge in [-0.1, -0.05) is 19.4 Å². The lowest BCUT2D eigenvalue weighted by atomic mass is 10.1. The Morgan fingerprint density at radius 1 is 1.59 bits per heavy atom. The van der Waals surface area contributed by atoms with Gasteiger partial charge in [-0.15, -0.1) is 11.3 Å². The Labute approximate surface area is 106 Å². The fraction of sp³-hybridized carbons (Fsp3) is 0.545. The molecule has 2 unspecified atom stereocenters. The van der Waals surface area contributed by atoms with E-state index < -0.39 is 15.3 Å². The highest BCUT2D eigenvalue weighted by atomic mass is 32.2. The van der Waals surface area contributed by atoms with Gasteiger partial charge in [0.15, 0.2) is 5.25 Å². The van der Waals surface area contributed by atoms with Gasteiger partial charge in [-0.25, -0.2) is 13.1 Å². The molecule has 0 bridgehead atoms. The highest BCUT2D eigenvalue weighted by Crippen LogP contribution is 2.24. The standard InChI is InChI=1S/C11H16N2O2S2/c1-3-5-10(11-6-4-7-16-11)13-17(14,15)9(2)8-12/h4,6-7,9-10,13H,3,5H2,1-2H3. The van der Waals surface area contributed by atoms with E-state index in [2.05, 4.69) is 4.72 Å². The first-order chi connectivity index (χ1) is 8.01. The first-order valence-electron chi connectivity index (χ1n) is 5.45. The predicted molar refractivity (Wildman–Crippen MR) is 69.1 cm³/mol. The van der Waals surface area contributed by atoms with Crippen LogP contribution in [0.25, 0.3) is 0 Å². The van der Waals surface area contributed by atoms with E-state index in [0.717, 1.165) is 17.7 Å². The fourth-order valence-electron chi connectivity index (χ4n) is 1.41. The molecule has 0 amide bonds. The lowest BCUT2D eigenvalue weighted by Crippen LogP contribution is -2.34. The molecule has 1 rings (SSSR count). The molecule has 94 valence electrons. The first-order valence-corrected chi connectivity index (χ1v) is 7.88. The molecule has 17 heavy (non-hydrogen) atoms. The van der Waals surface area contributed by atoms with E-state index in [1.807, 2.05) is 24.4 Å². The molecule has 0 saturated heterocycles. The molecule has 1 N–H and O–H groups in total. The third-order valence-corrected chi connectivity index (χ3v) is 5.05. The van der Waals surface area contributed by atoms with Crippen LogP contribution in [0, 0.1) is 11.3 Å².